The SMILES string of the molecule is O=S(=O)(c1ccn[nH]1)N(Cc1ccco1)CC(F)(F)F. The molecule has 0 spiro atoms. The third-order valence-electron chi connectivity index (χ3n) is 2.36. The van der Waals surface area contributed by atoms with Crippen molar-refractivity contribution >= 4 is 10.0 Å². The molecule has 0 unspecified atom stereocenters. The van der Waals surface area contributed by atoms with Gasteiger partial charge in [0.05, 0.1) is 19.0 Å². The number of aromatic amines is 1. The summed E-state index contributed by atoms with van der Waals surface area (Å²) in [6.45, 7) is -2.14. The highest BCUT2D eigenvalue weighted by Gasteiger charge is 2.38. The predicted octanol–water partition coefficient (Wildman–Crippen LogP) is 1.76. The van der Waals surface area contributed by atoms with E-state index in [4.69, 9.17) is 4.42 Å². The molecule has 0 fully saturated rings. The van der Waals surface area contributed by atoms with Gasteiger partial charge >= 0.3 is 6.18 Å². The van der Waals surface area contributed by atoms with Gasteiger partial charge in [-0.25, -0.2) is 8.42 Å². The number of hydrogen-bond donors (Lipinski definition) is 1. The second-order valence-electron chi connectivity index (χ2n) is 3.89. The zero-order chi connectivity index (χ0) is 14.8. The molecule has 2 aromatic rings. The van der Waals surface area contributed by atoms with E-state index in [1.165, 1.54) is 18.4 Å². The van der Waals surface area contributed by atoms with E-state index < -0.39 is 34.3 Å². The third kappa shape index (κ3) is 3.39. The predicted molar refractivity (Wildman–Crippen MR) is 60.9 cm³/mol. The molecule has 0 aromatic carbocycles. The summed E-state index contributed by atoms with van der Waals surface area (Å²) < 4.78 is 67.0. The Balaban J connectivity index is 2.31. The quantitative estimate of drug-likeness (QED) is 0.912. The van der Waals surface area contributed by atoms with Crippen LogP contribution < -0.4 is 0 Å². The van der Waals surface area contributed by atoms with Crippen LogP contribution in [0.5, 0.6) is 0 Å². The molecule has 0 saturated heterocycles. The van der Waals surface area contributed by atoms with Crippen molar-refractivity contribution in [3.05, 3.63) is 36.4 Å². The molecular weight excluding hydrogens is 299 g/mol. The van der Waals surface area contributed by atoms with Crippen molar-refractivity contribution < 1.29 is 26.0 Å². The van der Waals surface area contributed by atoms with E-state index in [0.717, 1.165) is 12.3 Å². The fourth-order valence-electron chi connectivity index (χ4n) is 1.53. The summed E-state index contributed by atoms with van der Waals surface area (Å²) in [5, 5.41) is 5.17. The number of nitrogens with zero attached hydrogens (tertiary/aromatic N) is 2. The summed E-state index contributed by atoms with van der Waals surface area (Å²) in [5.74, 6) is 0.109. The van der Waals surface area contributed by atoms with E-state index in [2.05, 4.69) is 10.2 Å². The number of H-pyrrole nitrogens is 1. The topological polar surface area (TPSA) is 79.2 Å². The van der Waals surface area contributed by atoms with Crippen molar-refractivity contribution in [3.63, 3.8) is 0 Å². The zero-order valence-electron chi connectivity index (χ0n) is 9.96. The Morgan fingerprint density at radius 3 is 2.60 bits per heavy atom. The first-order valence-electron chi connectivity index (χ1n) is 5.38. The molecule has 0 aliphatic heterocycles. The van der Waals surface area contributed by atoms with Crippen LogP contribution in [-0.2, 0) is 16.6 Å². The van der Waals surface area contributed by atoms with Gasteiger partial charge in [0.2, 0.25) is 0 Å². The maximum absolute atomic E-state index is 12.5. The normalized spacial score (nSPS) is 13.0. The van der Waals surface area contributed by atoms with E-state index in [0.29, 0.717) is 0 Å². The minimum atomic E-state index is -4.67. The van der Waals surface area contributed by atoms with Gasteiger partial charge in [-0.3, -0.25) is 5.10 Å². The molecule has 2 aromatic heterocycles. The molecule has 2 rings (SSSR count). The van der Waals surface area contributed by atoms with Crippen LogP contribution >= 0.6 is 0 Å². The maximum Gasteiger partial charge on any atom is 0.402 e. The lowest BCUT2D eigenvalue weighted by atomic mass is 10.4. The molecular formula is C10H10F3N3O3S. The van der Waals surface area contributed by atoms with Gasteiger partial charge in [-0.2, -0.15) is 22.6 Å². The first-order valence-corrected chi connectivity index (χ1v) is 6.82. The van der Waals surface area contributed by atoms with Crippen LogP contribution in [-0.4, -0.2) is 35.6 Å². The van der Waals surface area contributed by atoms with Crippen molar-refractivity contribution in [2.45, 2.75) is 17.7 Å². The zero-order valence-corrected chi connectivity index (χ0v) is 10.8. The molecule has 0 bridgehead atoms. The highest BCUT2D eigenvalue weighted by atomic mass is 32.2. The second-order valence-corrected chi connectivity index (χ2v) is 5.79. The average Bonchev–Trinajstić information content (AvgIpc) is 2.99. The van der Waals surface area contributed by atoms with Crippen LogP contribution in [0.2, 0.25) is 0 Å². The summed E-state index contributed by atoms with van der Waals surface area (Å²) in [6, 6.07) is 3.94. The molecule has 0 radical (unpaired) electrons. The van der Waals surface area contributed by atoms with E-state index in [1.807, 2.05) is 0 Å². The van der Waals surface area contributed by atoms with Crippen LogP contribution in [0.15, 0.2) is 40.1 Å². The van der Waals surface area contributed by atoms with Crippen molar-refractivity contribution in [2.75, 3.05) is 6.54 Å². The van der Waals surface area contributed by atoms with Gasteiger partial charge < -0.3 is 4.42 Å². The fourth-order valence-corrected chi connectivity index (χ4v) is 2.82. The van der Waals surface area contributed by atoms with Crippen LogP contribution in [0.3, 0.4) is 0 Å². The van der Waals surface area contributed by atoms with Gasteiger partial charge in [0.1, 0.15) is 12.3 Å². The van der Waals surface area contributed by atoms with Crippen LogP contribution in [0.1, 0.15) is 5.76 Å². The van der Waals surface area contributed by atoms with E-state index in [-0.39, 0.29) is 10.1 Å². The van der Waals surface area contributed by atoms with Crippen molar-refractivity contribution in [3.8, 4) is 0 Å². The minimum absolute atomic E-state index is 0.109. The molecule has 110 valence electrons. The molecule has 0 aliphatic carbocycles. The summed E-state index contributed by atoms with van der Waals surface area (Å²) in [5.41, 5.74) is 0. The number of aromatic nitrogens is 2. The number of alkyl halides is 3. The van der Waals surface area contributed by atoms with Crippen molar-refractivity contribution in [1.82, 2.24) is 14.5 Å². The lowest BCUT2D eigenvalue weighted by molar-refractivity contribution is -0.137. The molecule has 0 amide bonds. The van der Waals surface area contributed by atoms with Gasteiger partial charge in [0.25, 0.3) is 10.0 Å². The lowest BCUT2D eigenvalue weighted by Crippen LogP contribution is -2.38. The van der Waals surface area contributed by atoms with Gasteiger partial charge in [-0.05, 0) is 18.2 Å². The Labute approximate surface area is 112 Å². The third-order valence-corrected chi connectivity index (χ3v) is 4.08. The van der Waals surface area contributed by atoms with E-state index in [1.54, 1.807) is 0 Å². The number of sulfonamides is 1. The average molecular weight is 309 g/mol. The highest BCUT2D eigenvalue weighted by Crippen LogP contribution is 2.23. The highest BCUT2D eigenvalue weighted by molar-refractivity contribution is 7.89. The number of halogens is 3. The molecule has 10 heteroatoms. The second kappa shape index (κ2) is 5.29. The molecule has 2 heterocycles. The summed E-state index contributed by atoms with van der Waals surface area (Å²) in [7, 11) is -4.33. The molecule has 20 heavy (non-hydrogen) atoms. The summed E-state index contributed by atoms with van der Waals surface area (Å²) in [6.07, 6.45) is -2.27. The number of rotatable bonds is 5. The first kappa shape index (κ1) is 14.6. The standard InChI is InChI=1S/C10H10F3N3O3S/c11-10(12,13)7-16(6-8-2-1-5-19-8)20(17,18)9-3-4-14-15-9/h1-5H,6-7H2,(H,14,15). The Morgan fingerprint density at radius 2 is 2.10 bits per heavy atom. The van der Waals surface area contributed by atoms with Gasteiger partial charge in [0.15, 0.2) is 5.03 Å². The maximum atomic E-state index is 12.5. The largest absolute Gasteiger partial charge is 0.468 e. The van der Waals surface area contributed by atoms with E-state index >= 15 is 0 Å². The Kier molecular flexibility index (Phi) is 3.86. The Bertz CT molecular complexity index is 635. The minimum Gasteiger partial charge on any atom is -0.468 e. The van der Waals surface area contributed by atoms with E-state index in [9.17, 15) is 21.6 Å². The number of hydrogen-bond acceptors (Lipinski definition) is 4. The fraction of sp³-hybridized carbons (Fsp3) is 0.300. The van der Waals surface area contributed by atoms with Crippen LogP contribution in [0.4, 0.5) is 13.2 Å². The van der Waals surface area contributed by atoms with Crippen LogP contribution in [0, 0.1) is 0 Å². The number of furan rings is 1. The summed E-state index contributed by atoms with van der Waals surface area (Å²) in [4.78, 5) is 0. The molecule has 0 saturated carbocycles. The van der Waals surface area contributed by atoms with Crippen molar-refractivity contribution in [1.29, 1.82) is 0 Å². The van der Waals surface area contributed by atoms with Gasteiger partial charge in [-0.15, -0.1) is 0 Å². The van der Waals surface area contributed by atoms with Crippen LogP contribution in [0.25, 0.3) is 0 Å². The molecule has 0 atom stereocenters. The molecule has 1 N–H and O–H groups in total. The molecule has 6 nitrogen and oxygen atoms in total. The Hall–Kier alpha value is -1.81. The van der Waals surface area contributed by atoms with Gasteiger partial charge in [-0.1, -0.05) is 0 Å². The van der Waals surface area contributed by atoms with Crippen molar-refractivity contribution in [2.24, 2.45) is 0 Å². The summed E-state index contributed by atoms with van der Waals surface area (Å²) >= 11 is 0. The number of nitrogens with one attached hydrogen (secondary N) is 1. The van der Waals surface area contributed by atoms with Gasteiger partial charge in [0, 0.05) is 0 Å². The molecule has 0 aliphatic rings. The lowest BCUT2D eigenvalue weighted by Gasteiger charge is -2.21. The monoisotopic (exact) mass is 309 g/mol. The first-order chi connectivity index (χ1) is 9.29. The smallest absolute Gasteiger partial charge is 0.402 e. The Morgan fingerprint density at radius 1 is 1.35 bits per heavy atom.